The zero-order valence-electron chi connectivity index (χ0n) is 15.8. The molecule has 1 aromatic carbocycles. The van der Waals surface area contributed by atoms with Crippen molar-refractivity contribution in [3.8, 4) is 11.3 Å². The number of piperidine rings is 1. The third-order valence-electron chi connectivity index (χ3n) is 5.71. The van der Waals surface area contributed by atoms with Gasteiger partial charge in [0.05, 0.1) is 11.3 Å². The molecule has 2 amide bonds. The molecule has 0 saturated carbocycles. The van der Waals surface area contributed by atoms with Crippen molar-refractivity contribution in [1.82, 2.24) is 14.8 Å². The highest BCUT2D eigenvalue weighted by Gasteiger charge is 2.28. The first-order valence-corrected chi connectivity index (χ1v) is 9.90. The average molecular weight is 381 g/mol. The Hall–Kier alpha value is -2.76. The lowest BCUT2D eigenvalue weighted by Crippen LogP contribution is -2.41. The summed E-state index contributed by atoms with van der Waals surface area (Å²) in [6.45, 7) is 3.08. The van der Waals surface area contributed by atoms with Crippen molar-refractivity contribution in [2.75, 3.05) is 26.2 Å². The molecule has 146 valence electrons. The molecule has 0 unspecified atom stereocenters. The number of aromatic nitrogens is 1. The van der Waals surface area contributed by atoms with Crippen molar-refractivity contribution >= 4 is 11.8 Å². The molecule has 0 aliphatic carbocycles. The smallest absolute Gasteiger partial charge is 0.255 e. The molecule has 2 aliphatic rings. The van der Waals surface area contributed by atoms with Gasteiger partial charge in [0, 0.05) is 44.4 Å². The van der Waals surface area contributed by atoms with Gasteiger partial charge in [-0.05, 0) is 49.4 Å². The van der Waals surface area contributed by atoms with Gasteiger partial charge in [0.15, 0.2) is 0 Å². The minimum atomic E-state index is -0.326. The minimum absolute atomic E-state index is 0.0386. The maximum absolute atomic E-state index is 13.9. The molecule has 0 bridgehead atoms. The Balaban J connectivity index is 1.35. The number of benzene rings is 1. The van der Waals surface area contributed by atoms with Crippen LogP contribution in [0.4, 0.5) is 4.39 Å². The van der Waals surface area contributed by atoms with Gasteiger partial charge in [0.2, 0.25) is 5.91 Å². The van der Waals surface area contributed by atoms with Crippen LogP contribution in [0, 0.1) is 11.7 Å². The number of amides is 2. The van der Waals surface area contributed by atoms with Gasteiger partial charge in [-0.25, -0.2) is 4.39 Å². The zero-order chi connectivity index (χ0) is 19.5. The normalized spacial score (nSPS) is 18.0. The summed E-state index contributed by atoms with van der Waals surface area (Å²) in [4.78, 5) is 32.7. The summed E-state index contributed by atoms with van der Waals surface area (Å²) in [5, 5.41) is 0. The summed E-state index contributed by atoms with van der Waals surface area (Å²) in [6, 6.07) is 9.88. The summed E-state index contributed by atoms with van der Waals surface area (Å²) in [5.41, 5.74) is 1.47. The molecule has 2 saturated heterocycles. The van der Waals surface area contributed by atoms with E-state index >= 15 is 0 Å². The van der Waals surface area contributed by atoms with Crippen molar-refractivity contribution in [3.05, 3.63) is 54.0 Å². The SMILES string of the molecule is O=C1CCCN1CC1CCN(C(=O)c2ccc(-c3ccccc3F)nc2)CC1. The van der Waals surface area contributed by atoms with E-state index in [0.717, 1.165) is 32.4 Å². The summed E-state index contributed by atoms with van der Waals surface area (Å²) in [5.74, 6) is 0.364. The molecule has 2 aliphatic heterocycles. The first-order chi connectivity index (χ1) is 13.6. The Morgan fingerprint density at radius 3 is 2.54 bits per heavy atom. The minimum Gasteiger partial charge on any atom is -0.342 e. The summed E-state index contributed by atoms with van der Waals surface area (Å²) in [6.07, 6.45) is 4.99. The summed E-state index contributed by atoms with van der Waals surface area (Å²) in [7, 11) is 0. The summed E-state index contributed by atoms with van der Waals surface area (Å²) < 4.78 is 13.9. The highest BCUT2D eigenvalue weighted by atomic mass is 19.1. The molecule has 5 nitrogen and oxygen atoms in total. The molecule has 0 atom stereocenters. The Labute approximate surface area is 164 Å². The molecule has 3 heterocycles. The lowest BCUT2D eigenvalue weighted by atomic mass is 9.95. The quantitative estimate of drug-likeness (QED) is 0.816. The number of halogens is 1. The molecule has 4 rings (SSSR count). The van der Waals surface area contributed by atoms with Crippen LogP contribution in [0.2, 0.25) is 0 Å². The fraction of sp³-hybridized carbons (Fsp3) is 0.409. The van der Waals surface area contributed by atoms with Crippen LogP contribution in [0.15, 0.2) is 42.6 Å². The van der Waals surface area contributed by atoms with Crippen LogP contribution in [-0.4, -0.2) is 52.8 Å². The fourth-order valence-corrected chi connectivity index (χ4v) is 4.06. The van der Waals surface area contributed by atoms with Gasteiger partial charge in [-0.1, -0.05) is 12.1 Å². The number of carbonyl (C=O) groups excluding carboxylic acids is 2. The second kappa shape index (κ2) is 8.09. The van der Waals surface area contributed by atoms with E-state index in [0.29, 0.717) is 42.2 Å². The third kappa shape index (κ3) is 3.91. The van der Waals surface area contributed by atoms with Crippen LogP contribution in [0.3, 0.4) is 0 Å². The van der Waals surface area contributed by atoms with Crippen molar-refractivity contribution in [1.29, 1.82) is 0 Å². The van der Waals surface area contributed by atoms with E-state index in [9.17, 15) is 14.0 Å². The predicted molar refractivity (Wildman–Crippen MR) is 104 cm³/mol. The number of nitrogens with zero attached hydrogens (tertiary/aromatic N) is 3. The number of likely N-dealkylation sites (tertiary alicyclic amines) is 2. The first kappa shape index (κ1) is 18.6. The molecule has 0 spiro atoms. The lowest BCUT2D eigenvalue weighted by Gasteiger charge is -2.34. The van der Waals surface area contributed by atoms with E-state index in [2.05, 4.69) is 4.98 Å². The third-order valence-corrected chi connectivity index (χ3v) is 5.71. The van der Waals surface area contributed by atoms with Gasteiger partial charge in [-0.3, -0.25) is 14.6 Å². The van der Waals surface area contributed by atoms with Crippen molar-refractivity contribution < 1.29 is 14.0 Å². The van der Waals surface area contributed by atoms with Gasteiger partial charge in [-0.2, -0.15) is 0 Å². The Morgan fingerprint density at radius 2 is 1.89 bits per heavy atom. The van der Waals surface area contributed by atoms with Crippen LogP contribution in [-0.2, 0) is 4.79 Å². The zero-order valence-corrected chi connectivity index (χ0v) is 15.8. The molecular formula is C22H24FN3O2. The van der Waals surface area contributed by atoms with Gasteiger partial charge in [-0.15, -0.1) is 0 Å². The molecule has 28 heavy (non-hydrogen) atoms. The number of rotatable bonds is 4. The highest BCUT2D eigenvalue weighted by molar-refractivity contribution is 5.94. The van der Waals surface area contributed by atoms with E-state index in [4.69, 9.17) is 0 Å². The predicted octanol–water partition coefficient (Wildman–Crippen LogP) is 3.36. The topological polar surface area (TPSA) is 53.5 Å². The van der Waals surface area contributed by atoms with Gasteiger partial charge >= 0.3 is 0 Å². The standard InChI is InChI=1S/C22H24FN3O2/c23-19-5-2-1-4-18(19)20-8-7-17(14-24-20)22(28)25-12-9-16(10-13-25)15-26-11-3-6-21(26)27/h1-2,4-5,7-8,14,16H,3,6,9-13,15H2. The van der Waals surface area contributed by atoms with Gasteiger partial charge in [0.25, 0.3) is 5.91 Å². The highest BCUT2D eigenvalue weighted by Crippen LogP contribution is 2.24. The van der Waals surface area contributed by atoms with Crippen molar-refractivity contribution in [2.24, 2.45) is 5.92 Å². The van der Waals surface area contributed by atoms with Crippen molar-refractivity contribution in [2.45, 2.75) is 25.7 Å². The number of carbonyl (C=O) groups is 2. The molecule has 6 heteroatoms. The van der Waals surface area contributed by atoms with E-state index in [1.165, 1.54) is 12.3 Å². The van der Waals surface area contributed by atoms with Crippen molar-refractivity contribution in [3.63, 3.8) is 0 Å². The second-order valence-electron chi connectivity index (χ2n) is 7.59. The Kier molecular flexibility index (Phi) is 5.37. The number of hydrogen-bond donors (Lipinski definition) is 0. The van der Waals surface area contributed by atoms with Crippen LogP contribution in [0.5, 0.6) is 0 Å². The average Bonchev–Trinajstić information content (AvgIpc) is 3.13. The fourth-order valence-electron chi connectivity index (χ4n) is 4.06. The molecule has 1 aromatic heterocycles. The largest absolute Gasteiger partial charge is 0.342 e. The van der Waals surface area contributed by atoms with Crippen LogP contribution < -0.4 is 0 Å². The number of pyridine rings is 1. The molecule has 0 N–H and O–H groups in total. The molecule has 0 radical (unpaired) electrons. The van der Waals surface area contributed by atoms with Crippen LogP contribution in [0.25, 0.3) is 11.3 Å². The Morgan fingerprint density at radius 1 is 1.11 bits per heavy atom. The maximum Gasteiger partial charge on any atom is 0.255 e. The van der Waals surface area contributed by atoms with Crippen LogP contribution in [0.1, 0.15) is 36.0 Å². The van der Waals surface area contributed by atoms with Crippen LogP contribution >= 0.6 is 0 Å². The van der Waals surface area contributed by atoms with E-state index < -0.39 is 0 Å². The maximum atomic E-state index is 13.9. The molecular weight excluding hydrogens is 357 g/mol. The summed E-state index contributed by atoms with van der Waals surface area (Å²) >= 11 is 0. The van der Waals surface area contributed by atoms with Gasteiger partial charge < -0.3 is 9.80 Å². The molecule has 2 fully saturated rings. The number of hydrogen-bond acceptors (Lipinski definition) is 3. The van der Waals surface area contributed by atoms with E-state index in [-0.39, 0.29) is 17.6 Å². The lowest BCUT2D eigenvalue weighted by molar-refractivity contribution is -0.128. The first-order valence-electron chi connectivity index (χ1n) is 9.90. The van der Waals surface area contributed by atoms with Gasteiger partial charge in [0.1, 0.15) is 5.82 Å². The Bertz CT molecular complexity index is 860. The second-order valence-corrected chi connectivity index (χ2v) is 7.59. The monoisotopic (exact) mass is 381 g/mol. The van der Waals surface area contributed by atoms with E-state index in [1.807, 2.05) is 9.80 Å². The van der Waals surface area contributed by atoms with E-state index in [1.54, 1.807) is 30.3 Å². The molecule has 2 aromatic rings.